The van der Waals surface area contributed by atoms with E-state index in [4.69, 9.17) is 0 Å². The van der Waals surface area contributed by atoms with Gasteiger partial charge >= 0.3 is 5.97 Å². The Morgan fingerprint density at radius 2 is 2.11 bits per heavy atom. The number of fused-ring (bicyclic) bond motifs is 1. The molecule has 19 heavy (non-hydrogen) atoms. The van der Waals surface area contributed by atoms with E-state index >= 15 is 0 Å². The Hall–Kier alpha value is -1.54. The van der Waals surface area contributed by atoms with Crippen molar-refractivity contribution in [3.8, 4) is 0 Å². The lowest BCUT2D eigenvalue weighted by molar-refractivity contribution is -0.139. The molecule has 6 nitrogen and oxygen atoms in total. The summed E-state index contributed by atoms with van der Waals surface area (Å²) in [6.07, 6.45) is 0. The smallest absolute Gasteiger partial charge is 0.318 e. The lowest BCUT2D eigenvalue weighted by atomic mass is 10.3. The maximum Gasteiger partial charge on any atom is 0.318 e. The van der Waals surface area contributed by atoms with E-state index < -0.39 is 21.2 Å². The lowest BCUT2D eigenvalue weighted by Gasteiger charge is -2.18. The number of ether oxygens (including phenoxy) is 1. The van der Waals surface area contributed by atoms with Gasteiger partial charge in [-0.25, -0.2) is 0 Å². The van der Waals surface area contributed by atoms with Crippen molar-refractivity contribution >= 4 is 38.6 Å². The summed E-state index contributed by atoms with van der Waals surface area (Å²) in [5.41, 5.74) is 0.456. The van der Waals surface area contributed by atoms with Crippen LogP contribution in [0.2, 0.25) is 0 Å². The number of nitrogens with one attached hydrogen (secondary N) is 1. The Bertz CT molecular complexity index is 640. The number of esters is 1. The minimum absolute atomic E-state index is 0.130. The molecule has 1 unspecified atom stereocenters. The van der Waals surface area contributed by atoms with E-state index in [1.165, 1.54) is 13.2 Å². The fraction of sp³-hybridized carbons (Fsp3) is 0.273. The zero-order valence-electron chi connectivity index (χ0n) is 10.3. The Morgan fingerprint density at radius 1 is 1.42 bits per heavy atom. The van der Waals surface area contributed by atoms with Gasteiger partial charge in [-0.2, -0.15) is 8.42 Å². The summed E-state index contributed by atoms with van der Waals surface area (Å²) in [6, 6.07) is 6.47. The normalized spacial score (nSPS) is 17.7. The second-order valence-corrected chi connectivity index (χ2v) is 6.68. The number of hydrogen-bond donors (Lipinski definition) is 1. The van der Waals surface area contributed by atoms with Gasteiger partial charge in [-0.3, -0.25) is 4.79 Å². The first kappa shape index (κ1) is 13.9. The molecule has 8 heteroatoms. The van der Waals surface area contributed by atoms with E-state index in [0.29, 0.717) is 5.69 Å². The van der Waals surface area contributed by atoms with Crippen LogP contribution in [0, 0.1) is 0 Å². The van der Waals surface area contributed by atoms with Gasteiger partial charge in [0.05, 0.1) is 12.8 Å². The number of sulfonamides is 1. The van der Waals surface area contributed by atoms with Crippen LogP contribution in [0.15, 0.2) is 33.6 Å². The molecule has 1 aliphatic rings. The number of hydrogen-bond acceptors (Lipinski definition) is 6. The molecule has 1 N–H and O–H groups in total. The minimum Gasteiger partial charge on any atom is -0.468 e. The fourth-order valence-corrected chi connectivity index (χ4v) is 3.70. The van der Waals surface area contributed by atoms with Gasteiger partial charge < -0.3 is 10.1 Å². The Kier molecular flexibility index (Phi) is 3.81. The highest BCUT2D eigenvalue weighted by molar-refractivity contribution is 8.15. The van der Waals surface area contributed by atoms with Crippen molar-refractivity contribution < 1.29 is 17.9 Å². The van der Waals surface area contributed by atoms with Crippen molar-refractivity contribution in [1.82, 2.24) is 0 Å². The standard InChI is InChI=1S/C11H12N2O4S2/c1-7(10(14)17-2)18-11-12-8-5-3-4-6-9(8)19(15,16)13-11/h3-7H,1-2H3,(H,12,13). The first-order valence-electron chi connectivity index (χ1n) is 5.39. The highest BCUT2D eigenvalue weighted by Gasteiger charge is 2.27. The maximum atomic E-state index is 11.9. The molecule has 0 aliphatic carbocycles. The van der Waals surface area contributed by atoms with Crippen LogP contribution in [0.3, 0.4) is 0 Å². The third kappa shape index (κ3) is 2.90. The van der Waals surface area contributed by atoms with Gasteiger partial charge in [0.25, 0.3) is 10.0 Å². The van der Waals surface area contributed by atoms with Gasteiger partial charge in [0, 0.05) is 0 Å². The lowest BCUT2D eigenvalue weighted by Crippen LogP contribution is -2.24. The van der Waals surface area contributed by atoms with Crippen LogP contribution in [0.5, 0.6) is 0 Å². The van der Waals surface area contributed by atoms with Crippen molar-refractivity contribution in [3.05, 3.63) is 24.3 Å². The third-order valence-corrected chi connectivity index (χ3v) is 4.84. The van der Waals surface area contributed by atoms with Gasteiger partial charge in [0.2, 0.25) is 0 Å². The minimum atomic E-state index is -3.72. The third-order valence-electron chi connectivity index (χ3n) is 2.43. The van der Waals surface area contributed by atoms with Gasteiger partial charge in [-0.15, -0.1) is 4.40 Å². The van der Waals surface area contributed by atoms with E-state index in [9.17, 15) is 13.2 Å². The van der Waals surface area contributed by atoms with Crippen LogP contribution in [0.25, 0.3) is 0 Å². The quantitative estimate of drug-likeness (QED) is 0.832. The van der Waals surface area contributed by atoms with Crippen molar-refractivity contribution in [3.63, 3.8) is 0 Å². The highest BCUT2D eigenvalue weighted by Crippen LogP contribution is 2.30. The monoisotopic (exact) mass is 300 g/mol. The molecule has 0 bridgehead atoms. The van der Waals surface area contributed by atoms with E-state index in [2.05, 4.69) is 14.5 Å². The molecule has 0 amide bonds. The average molecular weight is 300 g/mol. The molecule has 0 radical (unpaired) electrons. The van der Waals surface area contributed by atoms with Crippen molar-refractivity contribution in [1.29, 1.82) is 0 Å². The average Bonchev–Trinajstić information content (AvgIpc) is 2.37. The largest absolute Gasteiger partial charge is 0.468 e. The topological polar surface area (TPSA) is 84.8 Å². The highest BCUT2D eigenvalue weighted by atomic mass is 32.2. The van der Waals surface area contributed by atoms with E-state index in [-0.39, 0.29) is 10.1 Å². The van der Waals surface area contributed by atoms with E-state index in [1.54, 1.807) is 25.1 Å². The molecular weight excluding hydrogens is 288 g/mol. The first-order valence-corrected chi connectivity index (χ1v) is 7.71. The predicted molar refractivity (Wildman–Crippen MR) is 73.8 cm³/mol. The SMILES string of the molecule is COC(=O)C(C)SC1=NS(=O)(=O)c2ccccc2N1. The number of thioether (sulfide) groups is 1. The summed E-state index contributed by atoms with van der Waals surface area (Å²) >= 11 is 1.00. The molecule has 0 spiro atoms. The fourth-order valence-electron chi connectivity index (χ4n) is 1.52. The summed E-state index contributed by atoms with van der Waals surface area (Å²) in [4.78, 5) is 11.4. The summed E-state index contributed by atoms with van der Waals surface area (Å²) in [7, 11) is -2.44. The summed E-state index contributed by atoms with van der Waals surface area (Å²) in [5, 5.41) is 2.51. The van der Waals surface area contributed by atoms with Gasteiger partial charge in [0.15, 0.2) is 5.17 Å². The predicted octanol–water partition coefficient (Wildman–Crippen LogP) is 1.45. The molecule has 1 aromatic carbocycles. The zero-order chi connectivity index (χ0) is 14.0. The van der Waals surface area contributed by atoms with Crippen molar-refractivity contribution in [2.75, 3.05) is 12.4 Å². The molecular formula is C11H12N2O4S2. The van der Waals surface area contributed by atoms with Gasteiger partial charge in [-0.05, 0) is 19.1 Å². The van der Waals surface area contributed by atoms with Crippen molar-refractivity contribution in [2.24, 2.45) is 4.40 Å². The molecule has 1 aromatic rings. The summed E-state index contributed by atoms with van der Waals surface area (Å²) in [5.74, 6) is -0.439. The number of carbonyl (C=O) groups excluding carboxylic acids is 1. The second kappa shape index (κ2) is 5.22. The molecule has 0 saturated carbocycles. The number of methoxy groups -OCH3 is 1. The van der Waals surface area contributed by atoms with Crippen molar-refractivity contribution in [2.45, 2.75) is 17.1 Å². The number of benzene rings is 1. The van der Waals surface area contributed by atoms with Crippen LogP contribution in [-0.2, 0) is 19.6 Å². The second-order valence-electron chi connectivity index (χ2n) is 3.78. The molecule has 0 saturated heterocycles. The number of nitrogens with zero attached hydrogens (tertiary/aromatic N) is 1. The summed E-state index contributed by atoms with van der Waals surface area (Å²) < 4.78 is 32.1. The summed E-state index contributed by atoms with van der Waals surface area (Å²) in [6.45, 7) is 1.62. The molecule has 1 aliphatic heterocycles. The molecule has 1 atom stereocenters. The number of amidine groups is 1. The zero-order valence-corrected chi connectivity index (χ0v) is 11.9. The van der Waals surface area contributed by atoms with Crippen LogP contribution in [0.4, 0.5) is 5.69 Å². The maximum absolute atomic E-state index is 11.9. The molecule has 0 aromatic heterocycles. The van der Waals surface area contributed by atoms with E-state index in [1.807, 2.05) is 0 Å². The van der Waals surface area contributed by atoms with Crippen LogP contribution in [0.1, 0.15) is 6.92 Å². The van der Waals surface area contributed by atoms with E-state index in [0.717, 1.165) is 11.8 Å². The Morgan fingerprint density at radius 3 is 2.79 bits per heavy atom. The molecule has 1 heterocycles. The van der Waals surface area contributed by atoms with Gasteiger partial charge in [-0.1, -0.05) is 23.9 Å². The molecule has 2 rings (SSSR count). The van der Waals surface area contributed by atoms with Gasteiger partial charge in [0.1, 0.15) is 10.1 Å². The van der Waals surface area contributed by atoms with Crippen LogP contribution < -0.4 is 5.32 Å². The number of carbonyl (C=O) groups is 1. The molecule has 102 valence electrons. The number of para-hydroxylation sites is 1. The molecule has 0 fully saturated rings. The Balaban J connectivity index is 2.28. The number of anilines is 1. The van der Waals surface area contributed by atoms with Crippen LogP contribution >= 0.6 is 11.8 Å². The first-order chi connectivity index (χ1) is 8.94. The Labute approximate surface area is 115 Å². The van der Waals surface area contributed by atoms with Crippen LogP contribution in [-0.4, -0.2) is 31.9 Å². The number of rotatable bonds is 2.